The molecule has 1 rings (SSSR count). The van der Waals surface area contributed by atoms with E-state index in [1.807, 2.05) is 10.8 Å². The minimum atomic E-state index is -0.367. The van der Waals surface area contributed by atoms with Gasteiger partial charge >= 0.3 is 0 Å². The van der Waals surface area contributed by atoms with E-state index in [-0.39, 0.29) is 6.10 Å². The third kappa shape index (κ3) is 3.94. The van der Waals surface area contributed by atoms with Crippen molar-refractivity contribution in [3.63, 3.8) is 0 Å². The van der Waals surface area contributed by atoms with Crippen molar-refractivity contribution < 1.29 is 5.11 Å². The summed E-state index contributed by atoms with van der Waals surface area (Å²) in [6.45, 7) is 9.59. The molecule has 0 aliphatic carbocycles. The van der Waals surface area contributed by atoms with E-state index >= 15 is 0 Å². The minimum absolute atomic E-state index is 0.367. The Hall–Kier alpha value is -0.870. The molecular formula is C12H23N3O. The van der Waals surface area contributed by atoms with Crippen LogP contribution in [0.1, 0.15) is 39.4 Å². The number of nitrogens with zero attached hydrogens (tertiary/aromatic N) is 2. The van der Waals surface area contributed by atoms with Crippen LogP contribution in [0.15, 0.2) is 12.4 Å². The molecule has 0 bridgehead atoms. The van der Waals surface area contributed by atoms with Gasteiger partial charge in [-0.2, -0.15) is 0 Å². The number of aliphatic hydroxyl groups excluding tert-OH is 1. The molecule has 16 heavy (non-hydrogen) atoms. The topological polar surface area (TPSA) is 50.1 Å². The first kappa shape index (κ1) is 13.2. The van der Waals surface area contributed by atoms with Crippen molar-refractivity contribution in [3.8, 4) is 0 Å². The molecule has 0 saturated carbocycles. The maximum Gasteiger partial charge on any atom is 0.111 e. The molecule has 0 fully saturated rings. The second kappa shape index (κ2) is 6.01. The van der Waals surface area contributed by atoms with E-state index in [0.717, 1.165) is 5.82 Å². The Labute approximate surface area is 97.7 Å². The van der Waals surface area contributed by atoms with Crippen molar-refractivity contribution in [2.45, 2.75) is 52.3 Å². The molecule has 0 aliphatic rings. The Morgan fingerprint density at radius 1 is 1.38 bits per heavy atom. The lowest BCUT2D eigenvalue weighted by Crippen LogP contribution is -2.34. The highest BCUT2D eigenvalue weighted by Crippen LogP contribution is 2.11. The normalized spacial score (nSPS) is 13.7. The lowest BCUT2D eigenvalue weighted by Gasteiger charge is -2.17. The zero-order chi connectivity index (χ0) is 12.1. The van der Waals surface area contributed by atoms with Gasteiger partial charge in [0.1, 0.15) is 5.82 Å². The zero-order valence-corrected chi connectivity index (χ0v) is 10.6. The molecule has 0 amide bonds. The van der Waals surface area contributed by atoms with Gasteiger partial charge in [-0.3, -0.25) is 0 Å². The minimum Gasteiger partial charge on any atom is -0.390 e. The average Bonchev–Trinajstić information content (AvgIpc) is 2.62. The van der Waals surface area contributed by atoms with Gasteiger partial charge in [0.15, 0.2) is 0 Å². The fraction of sp³-hybridized carbons (Fsp3) is 0.750. The number of nitrogens with one attached hydrogen (secondary N) is 1. The highest BCUT2D eigenvalue weighted by molar-refractivity contribution is 4.97. The number of rotatable bonds is 6. The van der Waals surface area contributed by atoms with Crippen LogP contribution in [0.25, 0.3) is 0 Å². The van der Waals surface area contributed by atoms with Crippen LogP contribution in [0, 0.1) is 0 Å². The molecule has 1 aromatic rings. The van der Waals surface area contributed by atoms with Crippen molar-refractivity contribution in [2.75, 3.05) is 6.54 Å². The van der Waals surface area contributed by atoms with E-state index in [2.05, 4.69) is 38.0 Å². The maximum atomic E-state index is 9.86. The number of imidazole rings is 1. The maximum absolute atomic E-state index is 9.86. The molecule has 92 valence electrons. The van der Waals surface area contributed by atoms with Crippen LogP contribution in [-0.2, 0) is 6.54 Å². The summed E-state index contributed by atoms with van der Waals surface area (Å²) >= 11 is 0. The van der Waals surface area contributed by atoms with E-state index in [4.69, 9.17) is 0 Å². The first-order chi connectivity index (χ1) is 7.50. The van der Waals surface area contributed by atoms with E-state index in [1.54, 1.807) is 6.20 Å². The summed E-state index contributed by atoms with van der Waals surface area (Å²) < 4.78 is 2.03. The van der Waals surface area contributed by atoms with Gasteiger partial charge in [-0.25, -0.2) is 4.98 Å². The van der Waals surface area contributed by atoms with Crippen molar-refractivity contribution in [1.29, 1.82) is 0 Å². The summed E-state index contributed by atoms with van der Waals surface area (Å²) in [6, 6.07) is 0.405. The predicted octanol–water partition coefficient (Wildman–Crippen LogP) is 1.37. The Morgan fingerprint density at radius 3 is 2.62 bits per heavy atom. The molecule has 1 atom stereocenters. The number of hydrogen-bond acceptors (Lipinski definition) is 3. The summed E-state index contributed by atoms with van der Waals surface area (Å²) in [6.07, 6.45) is 3.35. The molecule has 0 saturated heterocycles. The SMILES string of the molecule is CC(C)NCC(O)Cn1ccnc1C(C)C. The Kier molecular flexibility index (Phi) is 4.96. The van der Waals surface area contributed by atoms with Crippen LogP contribution in [0.4, 0.5) is 0 Å². The molecule has 0 aromatic carbocycles. The summed E-state index contributed by atoms with van der Waals surface area (Å²) in [4.78, 5) is 4.30. The molecule has 0 spiro atoms. The molecule has 1 aromatic heterocycles. The van der Waals surface area contributed by atoms with Gasteiger partial charge in [0.2, 0.25) is 0 Å². The van der Waals surface area contributed by atoms with Gasteiger partial charge in [0.05, 0.1) is 12.6 Å². The van der Waals surface area contributed by atoms with Crippen molar-refractivity contribution in [1.82, 2.24) is 14.9 Å². The molecule has 4 heteroatoms. The van der Waals surface area contributed by atoms with Crippen molar-refractivity contribution in [2.24, 2.45) is 0 Å². The van der Waals surface area contributed by atoms with Gasteiger partial charge in [-0.15, -0.1) is 0 Å². The molecule has 0 radical (unpaired) electrons. The van der Waals surface area contributed by atoms with Gasteiger partial charge in [-0.1, -0.05) is 27.7 Å². The standard InChI is InChI=1S/C12H23N3O/c1-9(2)12-13-5-6-15(12)8-11(16)7-14-10(3)4/h5-6,9-11,14,16H,7-8H2,1-4H3. The molecule has 1 heterocycles. The quantitative estimate of drug-likeness (QED) is 0.768. The lowest BCUT2D eigenvalue weighted by molar-refractivity contribution is 0.147. The van der Waals surface area contributed by atoms with Crippen LogP contribution < -0.4 is 5.32 Å². The van der Waals surface area contributed by atoms with Crippen molar-refractivity contribution in [3.05, 3.63) is 18.2 Å². The van der Waals surface area contributed by atoms with Crippen LogP contribution in [-0.4, -0.2) is 33.3 Å². The first-order valence-electron chi connectivity index (χ1n) is 5.93. The Balaban J connectivity index is 2.49. The second-order valence-electron chi connectivity index (χ2n) is 4.81. The number of hydrogen-bond donors (Lipinski definition) is 2. The third-order valence-electron chi connectivity index (χ3n) is 2.43. The van der Waals surface area contributed by atoms with Crippen LogP contribution in [0.2, 0.25) is 0 Å². The monoisotopic (exact) mass is 225 g/mol. The van der Waals surface area contributed by atoms with Crippen LogP contribution >= 0.6 is 0 Å². The van der Waals surface area contributed by atoms with E-state index < -0.39 is 0 Å². The smallest absolute Gasteiger partial charge is 0.111 e. The fourth-order valence-electron chi connectivity index (χ4n) is 1.64. The van der Waals surface area contributed by atoms with E-state index in [9.17, 15) is 5.11 Å². The van der Waals surface area contributed by atoms with Crippen LogP contribution in [0.3, 0.4) is 0 Å². The molecule has 2 N–H and O–H groups in total. The molecular weight excluding hydrogens is 202 g/mol. The predicted molar refractivity (Wildman–Crippen MR) is 65.5 cm³/mol. The molecule has 0 aliphatic heterocycles. The molecule has 1 unspecified atom stereocenters. The van der Waals surface area contributed by atoms with Crippen molar-refractivity contribution >= 4 is 0 Å². The number of aliphatic hydroxyl groups is 1. The highest BCUT2D eigenvalue weighted by Gasteiger charge is 2.11. The van der Waals surface area contributed by atoms with Gasteiger partial charge in [-0.05, 0) is 0 Å². The van der Waals surface area contributed by atoms with E-state index in [0.29, 0.717) is 25.0 Å². The molecule has 4 nitrogen and oxygen atoms in total. The van der Waals surface area contributed by atoms with Crippen LogP contribution in [0.5, 0.6) is 0 Å². The summed E-state index contributed by atoms with van der Waals surface area (Å²) in [5, 5.41) is 13.1. The highest BCUT2D eigenvalue weighted by atomic mass is 16.3. The lowest BCUT2D eigenvalue weighted by atomic mass is 10.2. The Morgan fingerprint density at radius 2 is 2.06 bits per heavy atom. The first-order valence-corrected chi connectivity index (χ1v) is 5.93. The largest absolute Gasteiger partial charge is 0.390 e. The van der Waals surface area contributed by atoms with Gasteiger partial charge in [0, 0.05) is 30.9 Å². The summed E-state index contributed by atoms with van der Waals surface area (Å²) in [5.74, 6) is 1.42. The van der Waals surface area contributed by atoms with Gasteiger partial charge < -0.3 is 15.0 Å². The zero-order valence-electron chi connectivity index (χ0n) is 10.6. The summed E-state index contributed by atoms with van der Waals surface area (Å²) in [7, 11) is 0. The van der Waals surface area contributed by atoms with E-state index in [1.165, 1.54) is 0 Å². The Bertz CT molecular complexity index is 307. The van der Waals surface area contributed by atoms with Gasteiger partial charge in [0.25, 0.3) is 0 Å². The third-order valence-corrected chi connectivity index (χ3v) is 2.43. The second-order valence-corrected chi connectivity index (χ2v) is 4.81. The summed E-state index contributed by atoms with van der Waals surface area (Å²) in [5.41, 5.74) is 0. The number of aromatic nitrogens is 2. The average molecular weight is 225 g/mol. The fourth-order valence-corrected chi connectivity index (χ4v) is 1.64.